The van der Waals surface area contributed by atoms with Crippen molar-refractivity contribution in [3.8, 4) is 0 Å². The smallest absolute Gasteiger partial charge is 0.277 e. The van der Waals surface area contributed by atoms with Crippen LogP contribution < -0.4 is 11.1 Å². The van der Waals surface area contributed by atoms with Crippen molar-refractivity contribution in [2.24, 2.45) is 7.05 Å². The number of nitrogens with two attached hydrogens (primary N) is 1. The lowest BCUT2D eigenvalue weighted by Gasteiger charge is -2.00. The van der Waals surface area contributed by atoms with E-state index >= 15 is 0 Å². The summed E-state index contributed by atoms with van der Waals surface area (Å²) in [7, 11) is 1.76. The summed E-state index contributed by atoms with van der Waals surface area (Å²) in [6.07, 6.45) is 1.73. The predicted molar refractivity (Wildman–Crippen MR) is 57.6 cm³/mol. The maximum Gasteiger partial charge on any atom is 0.277 e. The van der Waals surface area contributed by atoms with Gasteiger partial charge in [-0.3, -0.25) is 9.48 Å². The fraction of sp³-hybridized carbons (Fsp3) is 0.111. The van der Waals surface area contributed by atoms with Gasteiger partial charge in [-0.2, -0.15) is 5.10 Å². The fourth-order valence-electron chi connectivity index (χ4n) is 1.13. The van der Waals surface area contributed by atoms with Gasteiger partial charge in [0.1, 0.15) is 5.82 Å². The number of amides is 1. The molecule has 2 aromatic rings. The van der Waals surface area contributed by atoms with E-state index in [1.807, 2.05) is 0 Å². The molecule has 2 rings (SSSR count). The molecule has 0 unspecified atom stereocenters. The number of hydrogen-bond acceptors (Lipinski definition) is 5. The Labute approximate surface area is 91.3 Å². The third kappa shape index (κ3) is 2.14. The Morgan fingerprint density at radius 3 is 2.75 bits per heavy atom. The van der Waals surface area contributed by atoms with Crippen LogP contribution in [0.2, 0.25) is 0 Å². The van der Waals surface area contributed by atoms with Gasteiger partial charge < -0.3 is 11.1 Å². The van der Waals surface area contributed by atoms with Crippen molar-refractivity contribution in [3.63, 3.8) is 0 Å². The number of nitrogens with one attached hydrogen (secondary N) is 1. The minimum absolute atomic E-state index is 0.194. The van der Waals surface area contributed by atoms with Crippen molar-refractivity contribution < 1.29 is 4.79 Å². The van der Waals surface area contributed by atoms with E-state index in [-0.39, 0.29) is 17.4 Å². The van der Waals surface area contributed by atoms with E-state index in [4.69, 9.17) is 5.73 Å². The highest BCUT2D eigenvalue weighted by Gasteiger charge is 2.09. The van der Waals surface area contributed by atoms with Gasteiger partial charge in [0.15, 0.2) is 11.5 Å². The van der Waals surface area contributed by atoms with Gasteiger partial charge in [-0.15, -0.1) is 10.2 Å². The fourth-order valence-corrected chi connectivity index (χ4v) is 1.13. The van der Waals surface area contributed by atoms with Crippen LogP contribution in [0.5, 0.6) is 0 Å². The summed E-state index contributed by atoms with van der Waals surface area (Å²) in [6, 6.07) is 4.70. The van der Waals surface area contributed by atoms with Crippen LogP contribution >= 0.6 is 0 Å². The van der Waals surface area contributed by atoms with E-state index in [9.17, 15) is 4.79 Å². The second-order valence-corrected chi connectivity index (χ2v) is 3.17. The van der Waals surface area contributed by atoms with Gasteiger partial charge in [-0.25, -0.2) is 0 Å². The van der Waals surface area contributed by atoms with Crippen molar-refractivity contribution >= 4 is 17.5 Å². The Morgan fingerprint density at radius 1 is 1.38 bits per heavy atom. The second kappa shape index (κ2) is 3.97. The molecule has 0 aliphatic carbocycles. The first kappa shape index (κ1) is 10.1. The number of nitrogens with zero attached hydrogens (tertiary/aromatic N) is 4. The monoisotopic (exact) mass is 218 g/mol. The largest absolute Gasteiger partial charge is 0.382 e. The van der Waals surface area contributed by atoms with Crippen LogP contribution in [0.3, 0.4) is 0 Å². The molecule has 0 spiro atoms. The molecule has 82 valence electrons. The molecule has 0 saturated carbocycles. The number of hydrogen-bond donors (Lipinski definition) is 2. The van der Waals surface area contributed by atoms with Crippen LogP contribution in [-0.2, 0) is 7.05 Å². The Morgan fingerprint density at radius 2 is 2.19 bits per heavy atom. The zero-order valence-corrected chi connectivity index (χ0v) is 8.58. The molecule has 7 heteroatoms. The van der Waals surface area contributed by atoms with Crippen LogP contribution in [0.25, 0.3) is 0 Å². The molecular formula is C9H10N6O. The summed E-state index contributed by atoms with van der Waals surface area (Å²) in [6.45, 7) is 0. The van der Waals surface area contributed by atoms with Crippen LogP contribution in [0, 0.1) is 0 Å². The SMILES string of the molecule is Cn1ccc(NC(=O)c2ccc(N)nn2)n1. The van der Waals surface area contributed by atoms with E-state index in [1.165, 1.54) is 12.1 Å². The molecule has 2 heterocycles. The van der Waals surface area contributed by atoms with E-state index in [1.54, 1.807) is 24.0 Å². The van der Waals surface area contributed by atoms with Gasteiger partial charge in [0.2, 0.25) is 0 Å². The van der Waals surface area contributed by atoms with E-state index in [2.05, 4.69) is 20.6 Å². The van der Waals surface area contributed by atoms with Crippen LogP contribution in [-0.4, -0.2) is 25.9 Å². The number of aromatic nitrogens is 4. The number of carbonyl (C=O) groups excluding carboxylic acids is 1. The molecule has 0 aliphatic rings. The molecule has 0 bridgehead atoms. The highest BCUT2D eigenvalue weighted by atomic mass is 16.2. The maximum absolute atomic E-state index is 11.6. The molecule has 1 amide bonds. The Bertz CT molecular complexity index is 503. The normalized spacial score (nSPS) is 10.1. The Hall–Kier alpha value is -2.44. The van der Waals surface area contributed by atoms with E-state index < -0.39 is 0 Å². The van der Waals surface area contributed by atoms with Gasteiger partial charge in [-0.1, -0.05) is 0 Å². The quantitative estimate of drug-likeness (QED) is 0.741. The summed E-state index contributed by atoms with van der Waals surface area (Å²) in [4.78, 5) is 11.6. The molecule has 0 saturated heterocycles. The first-order valence-electron chi connectivity index (χ1n) is 4.55. The second-order valence-electron chi connectivity index (χ2n) is 3.17. The number of rotatable bonds is 2. The standard InChI is InChI=1S/C9H10N6O/c1-15-5-4-8(14-15)11-9(16)6-2-3-7(10)13-12-6/h2-5H,1H3,(H2,10,13)(H,11,14,16). The lowest BCUT2D eigenvalue weighted by Crippen LogP contribution is -2.15. The molecule has 16 heavy (non-hydrogen) atoms. The molecule has 3 N–H and O–H groups in total. The molecule has 0 radical (unpaired) electrons. The lowest BCUT2D eigenvalue weighted by atomic mass is 10.3. The minimum atomic E-state index is -0.369. The van der Waals surface area contributed by atoms with Gasteiger partial charge in [0.25, 0.3) is 5.91 Å². The number of anilines is 2. The molecular weight excluding hydrogens is 208 g/mol. The van der Waals surface area contributed by atoms with E-state index in [0.29, 0.717) is 5.82 Å². The highest BCUT2D eigenvalue weighted by molar-refractivity contribution is 6.02. The van der Waals surface area contributed by atoms with Crippen molar-refractivity contribution in [2.45, 2.75) is 0 Å². The van der Waals surface area contributed by atoms with Crippen molar-refractivity contribution in [2.75, 3.05) is 11.1 Å². The molecule has 0 atom stereocenters. The van der Waals surface area contributed by atoms with Gasteiger partial charge in [0, 0.05) is 19.3 Å². The summed E-state index contributed by atoms with van der Waals surface area (Å²) in [5, 5.41) is 13.8. The molecule has 2 aromatic heterocycles. The lowest BCUT2D eigenvalue weighted by molar-refractivity contribution is 0.102. The molecule has 0 fully saturated rings. The molecule has 0 aliphatic heterocycles. The maximum atomic E-state index is 11.6. The Balaban J connectivity index is 2.11. The first-order valence-corrected chi connectivity index (χ1v) is 4.55. The van der Waals surface area contributed by atoms with E-state index in [0.717, 1.165) is 0 Å². The average molecular weight is 218 g/mol. The highest BCUT2D eigenvalue weighted by Crippen LogP contribution is 2.04. The number of carbonyl (C=O) groups is 1. The predicted octanol–water partition coefficient (Wildman–Crippen LogP) is 0.0446. The summed E-state index contributed by atoms with van der Waals surface area (Å²) in [5.74, 6) is 0.367. The third-order valence-corrected chi connectivity index (χ3v) is 1.87. The van der Waals surface area contributed by atoms with Crippen LogP contribution in [0.4, 0.5) is 11.6 Å². The number of nitrogen functional groups attached to an aromatic ring is 1. The zero-order chi connectivity index (χ0) is 11.5. The van der Waals surface area contributed by atoms with Gasteiger partial charge in [0.05, 0.1) is 0 Å². The number of aryl methyl sites for hydroxylation is 1. The minimum Gasteiger partial charge on any atom is -0.382 e. The van der Waals surface area contributed by atoms with Gasteiger partial charge >= 0.3 is 0 Å². The topological polar surface area (TPSA) is 98.7 Å². The third-order valence-electron chi connectivity index (χ3n) is 1.87. The van der Waals surface area contributed by atoms with Crippen molar-refractivity contribution in [1.29, 1.82) is 0 Å². The van der Waals surface area contributed by atoms with Gasteiger partial charge in [-0.05, 0) is 12.1 Å². The Kier molecular flexibility index (Phi) is 2.50. The molecule has 0 aromatic carbocycles. The van der Waals surface area contributed by atoms with Crippen LogP contribution in [0.15, 0.2) is 24.4 Å². The molecule has 7 nitrogen and oxygen atoms in total. The van der Waals surface area contributed by atoms with Crippen LogP contribution in [0.1, 0.15) is 10.5 Å². The zero-order valence-electron chi connectivity index (χ0n) is 8.58. The summed E-state index contributed by atoms with van der Waals surface area (Å²) >= 11 is 0. The summed E-state index contributed by atoms with van der Waals surface area (Å²) < 4.78 is 1.59. The van der Waals surface area contributed by atoms with Crippen molar-refractivity contribution in [1.82, 2.24) is 20.0 Å². The average Bonchev–Trinajstić information content (AvgIpc) is 2.65. The summed E-state index contributed by atoms with van der Waals surface area (Å²) in [5.41, 5.74) is 5.56. The van der Waals surface area contributed by atoms with Crippen molar-refractivity contribution in [3.05, 3.63) is 30.1 Å². The first-order chi connectivity index (χ1) is 7.65.